The lowest BCUT2D eigenvalue weighted by Gasteiger charge is -2.13. The highest BCUT2D eigenvalue weighted by Crippen LogP contribution is 2.34. The average Bonchev–Trinajstić information content (AvgIpc) is 2.63. The van der Waals surface area contributed by atoms with Crippen LogP contribution in [0.15, 0.2) is 42.6 Å². The largest absolute Gasteiger partial charge is 0.496 e. The maximum atomic E-state index is 14.4. The summed E-state index contributed by atoms with van der Waals surface area (Å²) in [6, 6.07) is 9.63. The Balaban J connectivity index is 1.91. The molecule has 0 bridgehead atoms. The zero-order valence-corrected chi connectivity index (χ0v) is 15.4. The zero-order valence-electron chi connectivity index (χ0n) is 14.6. The van der Waals surface area contributed by atoms with Crippen molar-refractivity contribution < 1.29 is 18.7 Å². The summed E-state index contributed by atoms with van der Waals surface area (Å²) in [6.07, 6.45) is 2.04. The van der Waals surface area contributed by atoms with Crippen molar-refractivity contribution in [3.8, 4) is 17.2 Å². The van der Waals surface area contributed by atoms with Crippen molar-refractivity contribution in [3.05, 3.63) is 54.0 Å². The Morgan fingerprint density at radius 1 is 1.19 bits per heavy atom. The van der Waals surface area contributed by atoms with Crippen molar-refractivity contribution in [3.63, 3.8) is 0 Å². The minimum Gasteiger partial charge on any atom is -0.496 e. The molecule has 6 nitrogen and oxygen atoms in total. The fraction of sp³-hybridized carbons (Fsp3) is 0.105. The summed E-state index contributed by atoms with van der Waals surface area (Å²) in [5.74, 6) is 0.604. The third kappa shape index (κ3) is 4.12. The van der Waals surface area contributed by atoms with Gasteiger partial charge in [-0.3, -0.25) is 9.78 Å². The summed E-state index contributed by atoms with van der Waals surface area (Å²) in [6.45, 7) is 1.92. The number of ether oxygens (including phenoxy) is 2. The maximum Gasteiger partial charge on any atom is 0.213 e. The zero-order chi connectivity index (χ0) is 19.4. The van der Waals surface area contributed by atoms with Crippen LogP contribution in [0.4, 0.5) is 10.1 Å². The Hall–Kier alpha value is -3.26. The fourth-order valence-electron chi connectivity index (χ4n) is 2.56. The Labute approximate surface area is 160 Å². The number of benzene rings is 2. The molecule has 0 aliphatic rings. The van der Waals surface area contributed by atoms with Gasteiger partial charge in [0.05, 0.1) is 12.6 Å². The van der Waals surface area contributed by atoms with Crippen LogP contribution < -0.4 is 20.1 Å². The average molecular weight is 385 g/mol. The van der Waals surface area contributed by atoms with E-state index in [1.54, 1.807) is 25.4 Å². The van der Waals surface area contributed by atoms with Crippen molar-refractivity contribution in [2.45, 2.75) is 6.92 Å². The molecule has 2 N–H and O–H groups in total. The minimum atomic E-state index is -0.585. The van der Waals surface area contributed by atoms with Crippen molar-refractivity contribution in [1.29, 1.82) is 0 Å². The number of anilines is 1. The van der Waals surface area contributed by atoms with Gasteiger partial charge in [0.25, 0.3) is 0 Å². The van der Waals surface area contributed by atoms with Crippen LogP contribution >= 0.6 is 12.2 Å². The normalized spacial score (nSPS) is 10.3. The van der Waals surface area contributed by atoms with Crippen LogP contribution in [0.25, 0.3) is 10.9 Å². The molecule has 1 heterocycles. The quantitative estimate of drug-likeness (QED) is 0.512. The number of carbonyl (C=O) groups is 1. The van der Waals surface area contributed by atoms with Gasteiger partial charge in [0, 0.05) is 23.3 Å². The van der Waals surface area contributed by atoms with Gasteiger partial charge in [-0.15, -0.1) is 0 Å². The minimum absolute atomic E-state index is 0.0434. The molecule has 1 amide bonds. The first-order valence-corrected chi connectivity index (χ1v) is 8.34. The first-order chi connectivity index (χ1) is 13.0. The number of rotatable bonds is 5. The third-order valence-corrected chi connectivity index (χ3v) is 4.04. The number of halogens is 1. The van der Waals surface area contributed by atoms with Crippen molar-refractivity contribution in [2.75, 3.05) is 12.4 Å². The standard InChI is InChI=1S/C19H16FN3O3S/c1-11-7-15-13(9-18(11)25-2)16(5-6-21-15)26-17-4-3-12(8-14(17)20)23-19(27)22-10-24/h3-10H,1-2H3,(H2,22,23,24,27). The van der Waals surface area contributed by atoms with E-state index in [-0.39, 0.29) is 10.9 Å². The van der Waals surface area contributed by atoms with Gasteiger partial charge in [0.1, 0.15) is 11.5 Å². The predicted molar refractivity (Wildman–Crippen MR) is 105 cm³/mol. The van der Waals surface area contributed by atoms with Gasteiger partial charge in [-0.1, -0.05) is 0 Å². The van der Waals surface area contributed by atoms with Crippen LogP contribution in [0.1, 0.15) is 5.56 Å². The Kier molecular flexibility index (Phi) is 5.46. The first kappa shape index (κ1) is 18.5. The molecule has 0 fully saturated rings. The highest BCUT2D eigenvalue weighted by Gasteiger charge is 2.12. The third-order valence-electron chi connectivity index (χ3n) is 3.82. The number of nitrogens with one attached hydrogen (secondary N) is 2. The lowest BCUT2D eigenvalue weighted by Crippen LogP contribution is -2.26. The van der Waals surface area contributed by atoms with E-state index in [0.717, 1.165) is 11.1 Å². The number of hydrogen-bond donors (Lipinski definition) is 2. The molecule has 1 aromatic heterocycles. The number of carbonyl (C=O) groups excluding carboxylic acids is 1. The molecule has 0 aliphatic heterocycles. The second-order valence-electron chi connectivity index (χ2n) is 5.61. The smallest absolute Gasteiger partial charge is 0.213 e. The molecule has 0 spiro atoms. The maximum absolute atomic E-state index is 14.4. The summed E-state index contributed by atoms with van der Waals surface area (Å²) in [5.41, 5.74) is 2.04. The molecule has 0 atom stereocenters. The van der Waals surface area contributed by atoms with Crippen LogP contribution in [-0.4, -0.2) is 23.6 Å². The van der Waals surface area contributed by atoms with Gasteiger partial charge < -0.3 is 20.1 Å². The predicted octanol–water partition coefficient (Wildman–Crippen LogP) is 3.93. The first-order valence-electron chi connectivity index (χ1n) is 7.93. The summed E-state index contributed by atoms with van der Waals surface area (Å²) in [5, 5.41) is 5.74. The van der Waals surface area contributed by atoms with Crippen LogP contribution in [0.2, 0.25) is 0 Å². The van der Waals surface area contributed by atoms with Gasteiger partial charge in [-0.2, -0.15) is 0 Å². The summed E-state index contributed by atoms with van der Waals surface area (Å²) >= 11 is 4.88. The van der Waals surface area contributed by atoms with Crippen LogP contribution in [0.3, 0.4) is 0 Å². The van der Waals surface area contributed by atoms with Crippen LogP contribution in [0, 0.1) is 12.7 Å². The van der Waals surface area contributed by atoms with E-state index in [1.807, 2.05) is 19.1 Å². The molecular weight excluding hydrogens is 369 g/mol. The Morgan fingerprint density at radius 2 is 2.00 bits per heavy atom. The van der Waals surface area contributed by atoms with Gasteiger partial charge in [0.15, 0.2) is 16.7 Å². The number of hydrogen-bond acceptors (Lipinski definition) is 5. The second-order valence-corrected chi connectivity index (χ2v) is 6.02. The van der Waals surface area contributed by atoms with E-state index in [4.69, 9.17) is 21.7 Å². The molecular formula is C19H16FN3O3S. The number of amides is 1. The molecule has 0 aliphatic carbocycles. The van der Waals surface area contributed by atoms with E-state index in [0.29, 0.717) is 29.0 Å². The molecule has 0 unspecified atom stereocenters. The number of aryl methyl sites for hydroxylation is 1. The summed E-state index contributed by atoms with van der Waals surface area (Å²) in [7, 11) is 1.58. The molecule has 138 valence electrons. The molecule has 2 aromatic carbocycles. The molecule has 0 saturated heterocycles. The Bertz CT molecular complexity index is 1030. The van der Waals surface area contributed by atoms with E-state index < -0.39 is 5.82 Å². The van der Waals surface area contributed by atoms with Gasteiger partial charge in [0.2, 0.25) is 6.41 Å². The second kappa shape index (κ2) is 7.96. The molecule has 3 aromatic rings. The number of fused-ring (bicyclic) bond motifs is 1. The number of methoxy groups -OCH3 is 1. The summed E-state index contributed by atoms with van der Waals surface area (Å²) < 4.78 is 25.6. The van der Waals surface area contributed by atoms with Gasteiger partial charge >= 0.3 is 0 Å². The molecule has 8 heteroatoms. The van der Waals surface area contributed by atoms with Gasteiger partial charge in [-0.05, 0) is 55.0 Å². The number of nitrogens with zero attached hydrogens (tertiary/aromatic N) is 1. The lowest BCUT2D eigenvalue weighted by atomic mass is 10.1. The number of thiocarbonyl (C=S) groups is 1. The summed E-state index contributed by atoms with van der Waals surface area (Å²) in [4.78, 5) is 14.7. The van der Waals surface area contributed by atoms with E-state index in [2.05, 4.69) is 15.6 Å². The van der Waals surface area contributed by atoms with E-state index in [1.165, 1.54) is 12.1 Å². The highest BCUT2D eigenvalue weighted by molar-refractivity contribution is 7.80. The van der Waals surface area contributed by atoms with E-state index >= 15 is 0 Å². The number of pyridine rings is 1. The van der Waals surface area contributed by atoms with Crippen LogP contribution in [-0.2, 0) is 4.79 Å². The van der Waals surface area contributed by atoms with Gasteiger partial charge in [-0.25, -0.2) is 4.39 Å². The molecule has 27 heavy (non-hydrogen) atoms. The molecule has 0 radical (unpaired) electrons. The van der Waals surface area contributed by atoms with Crippen molar-refractivity contribution in [2.24, 2.45) is 0 Å². The number of aromatic nitrogens is 1. The highest BCUT2D eigenvalue weighted by atomic mass is 32.1. The van der Waals surface area contributed by atoms with E-state index in [9.17, 15) is 9.18 Å². The fourth-order valence-corrected chi connectivity index (χ4v) is 2.73. The lowest BCUT2D eigenvalue weighted by molar-refractivity contribution is -0.108. The molecule has 3 rings (SSSR count). The van der Waals surface area contributed by atoms with Crippen molar-refractivity contribution in [1.82, 2.24) is 10.3 Å². The molecule has 0 saturated carbocycles. The monoisotopic (exact) mass is 385 g/mol. The SMILES string of the molecule is COc1cc2c(Oc3ccc(NC(=S)NC=O)cc3F)ccnc2cc1C. The van der Waals surface area contributed by atoms with Crippen molar-refractivity contribution >= 4 is 40.3 Å². The van der Waals surface area contributed by atoms with Crippen LogP contribution in [0.5, 0.6) is 17.2 Å². The topological polar surface area (TPSA) is 72.5 Å². The Morgan fingerprint density at radius 3 is 2.70 bits per heavy atom.